The molecule has 0 heterocycles. The Kier molecular flexibility index (Phi) is 6.22. The van der Waals surface area contributed by atoms with Crippen molar-refractivity contribution in [2.24, 2.45) is 5.41 Å². The molecule has 2 N–H and O–H groups in total. The van der Waals surface area contributed by atoms with Crippen LogP contribution in [0.1, 0.15) is 39.0 Å². The van der Waals surface area contributed by atoms with E-state index in [-0.39, 0.29) is 5.41 Å². The molecule has 1 fully saturated rings. The summed E-state index contributed by atoms with van der Waals surface area (Å²) in [7, 11) is 0. The van der Waals surface area contributed by atoms with E-state index in [9.17, 15) is 5.11 Å². The molecule has 0 atom stereocenters. The second kappa shape index (κ2) is 7.20. The number of hydrogen-bond donors (Lipinski definition) is 2. The lowest BCUT2D eigenvalue weighted by atomic mass is 9.87. The van der Waals surface area contributed by atoms with E-state index in [0.29, 0.717) is 6.61 Å². The van der Waals surface area contributed by atoms with Crippen molar-refractivity contribution in [2.75, 3.05) is 32.9 Å². The zero-order valence-corrected chi connectivity index (χ0v) is 9.93. The second-order valence-electron chi connectivity index (χ2n) is 4.59. The minimum atomic E-state index is 0.186. The van der Waals surface area contributed by atoms with Gasteiger partial charge in [-0.3, -0.25) is 0 Å². The molecular weight excluding hydrogens is 190 g/mol. The van der Waals surface area contributed by atoms with Crippen LogP contribution in [0.5, 0.6) is 0 Å². The first-order valence-electron chi connectivity index (χ1n) is 6.22. The van der Waals surface area contributed by atoms with Gasteiger partial charge in [0.05, 0.1) is 0 Å². The summed E-state index contributed by atoms with van der Waals surface area (Å²) in [5, 5.41) is 12.8. The third-order valence-electron chi connectivity index (χ3n) is 3.35. The van der Waals surface area contributed by atoms with Gasteiger partial charge in [0, 0.05) is 31.8 Å². The highest BCUT2D eigenvalue weighted by Gasteiger charge is 2.32. The lowest BCUT2D eigenvalue weighted by Crippen LogP contribution is -2.35. The van der Waals surface area contributed by atoms with Gasteiger partial charge in [-0.15, -0.1) is 0 Å². The SMILES string of the molecule is CCOCCCNCC1(CO)CCCC1. The molecule has 0 aromatic carbocycles. The van der Waals surface area contributed by atoms with Gasteiger partial charge in [0.15, 0.2) is 0 Å². The fourth-order valence-electron chi connectivity index (χ4n) is 2.31. The third kappa shape index (κ3) is 4.49. The standard InChI is InChI=1S/C12H25NO2/c1-2-15-9-5-8-13-10-12(11-14)6-3-4-7-12/h13-14H,2-11H2,1H3. The van der Waals surface area contributed by atoms with Crippen molar-refractivity contribution in [1.29, 1.82) is 0 Å². The summed E-state index contributed by atoms with van der Waals surface area (Å²) in [5.41, 5.74) is 0.186. The smallest absolute Gasteiger partial charge is 0.0499 e. The summed E-state index contributed by atoms with van der Waals surface area (Å²) in [4.78, 5) is 0. The Hall–Kier alpha value is -0.120. The summed E-state index contributed by atoms with van der Waals surface area (Å²) in [6, 6.07) is 0. The van der Waals surface area contributed by atoms with Gasteiger partial charge < -0.3 is 15.2 Å². The van der Waals surface area contributed by atoms with Crippen LogP contribution in [0.3, 0.4) is 0 Å². The molecule has 0 amide bonds. The second-order valence-corrected chi connectivity index (χ2v) is 4.59. The largest absolute Gasteiger partial charge is 0.396 e. The fourth-order valence-corrected chi connectivity index (χ4v) is 2.31. The van der Waals surface area contributed by atoms with Crippen molar-refractivity contribution in [2.45, 2.75) is 39.0 Å². The maximum absolute atomic E-state index is 9.39. The highest BCUT2D eigenvalue weighted by Crippen LogP contribution is 2.36. The molecule has 0 bridgehead atoms. The van der Waals surface area contributed by atoms with E-state index < -0.39 is 0 Å². The average Bonchev–Trinajstić information content (AvgIpc) is 2.73. The lowest BCUT2D eigenvalue weighted by molar-refractivity contribution is 0.123. The molecule has 0 aromatic heterocycles. The van der Waals surface area contributed by atoms with Crippen molar-refractivity contribution >= 4 is 0 Å². The van der Waals surface area contributed by atoms with Crippen LogP contribution in [0.4, 0.5) is 0 Å². The van der Waals surface area contributed by atoms with Crippen molar-refractivity contribution < 1.29 is 9.84 Å². The van der Waals surface area contributed by atoms with Gasteiger partial charge in [0.2, 0.25) is 0 Å². The minimum Gasteiger partial charge on any atom is -0.396 e. The van der Waals surface area contributed by atoms with Crippen molar-refractivity contribution in [1.82, 2.24) is 5.32 Å². The summed E-state index contributed by atoms with van der Waals surface area (Å²) in [6.45, 7) is 5.98. The molecule has 3 nitrogen and oxygen atoms in total. The Morgan fingerprint density at radius 3 is 2.67 bits per heavy atom. The summed E-state index contributed by atoms with van der Waals surface area (Å²) in [5.74, 6) is 0. The predicted octanol–water partition coefficient (Wildman–Crippen LogP) is 1.56. The molecule has 0 aromatic rings. The fraction of sp³-hybridized carbons (Fsp3) is 1.00. The van der Waals surface area contributed by atoms with E-state index in [1.807, 2.05) is 6.92 Å². The molecule has 0 radical (unpaired) electrons. The molecule has 1 aliphatic rings. The Morgan fingerprint density at radius 1 is 1.33 bits per heavy atom. The molecule has 3 heteroatoms. The summed E-state index contributed by atoms with van der Waals surface area (Å²) in [6.07, 6.45) is 5.99. The first kappa shape index (κ1) is 12.9. The molecule has 15 heavy (non-hydrogen) atoms. The Balaban J connectivity index is 2.02. The molecule has 1 rings (SSSR count). The average molecular weight is 215 g/mol. The Labute approximate surface area is 93.2 Å². The molecule has 0 saturated heterocycles. The van der Waals surface area contributed by atoms with Gasteiger partial charge >= 0.3 is 0 Å². The van der Waals surface area contributed by atoms with E-state index in [2.05, 4.69) is 5.32 Å². The number of hydrogen-bond acceptors (Lipinski definition) is 3. The first-order valence-corrected chi connectivity index (χ1v) is 6.22. The molecule has 0 aliphatic heterocycles. The van der Waals surface area contributed by atoms with Crippen LogP contribution in [0.25, 0.3) is 0 Å². The highest BCUT2D eigenvalue weighted by atomic mass is 16.5. The van der Waals surface area contributed by atoms with E-state index in [0.717, 1.165) is 32.7 Å². The quantitative estimate of drug-likeness (QED) is 0.604. The first-order chi connectivity index (χ1) is 7.33. The molecule has 0 unspecified atom stereocenters. The van der Waals surface area contributed by atoms with E-state index in [1.54, 1.807) is 0 Å². The highest BCUT2D eigenvalue weighted by molar-refractivity contribution is 4.85. The van der Waals surface area contributed by atoms with Crippen LogP contribution < -0.4 is 5.32 Å². The minimum absolute atomic E-state index is 0.186. The van der Waals surface area contributed by atoms with Gasteiger partial charge in [-0.05, 0) is 32.7 Å². The number of rotatable bonds is 8. The van der Waals surface area contributed by atoms with Gasteiger partial charge in [-0.1, -0.05) is 12.8 Å². The molecular formula is C12H25NO2. The number of aliphatic hydroxyl groups is 1. The van der Waals surface area contributed by atoms with Gasteiger partial charge in [0.25, 0.3) is 0 Å². The van der Waals surface area contributed by atoms with Gasteiger partial charge in [-0.25, -0.2) is 0 Å². The van der Waals surface area contributed by atoms with Crippen LogP contribution in [0.15, 0.2) is 0 Å². The van der Waals surface area contributed by atoms with Crippen LogP contribution in [0.2, 0.25) is 0 Å². The van der Waals surface area contributed by atoms with E-state index >= 15 is 0 Å². The van der Waals surface area contributed by atoms with E-state index in [1.165, 1.54) is 25.7 Å². The number of nitrogens with one attached hydrogen (secondary N) is 1. The molecule has 1 saturated carbocycles. The monoisotopic (exact) mass is 215 g/mol. The topological polar surface area (TPSA) is 41.5 Å². The Bertz CT molecular complexity index is 156. The Morgan fingerprint density at radius 2 is 2.07 bits per heavy atom. The van der Waals surface area contributed by atoms with Gasteiger partial charge in [0.1, 0.15) is 0 Å². The van der Waals surface area contributed by atoms with Crippen molar-refractivity contribution in [3.63, 3.8) is 0 Å². The van der Waals surface area contributed by atoms with Crippen molar-refractivity contribution in [3.05, 3.63) is 0 Å². The van der Waals surface area contributed by atoms with Crippen LogP contribution in [-0.4, -0.2) is 38.0 Å². The van der Waals surface area contributed by atoms with Gasteiger partial charge in [-0.2, -0.15) is 0 Å². The lowest BCUT2D eigenvalue weighted by Gasteiger charge is -2.26. The number of ether oxygens (including phenoxy) is 1. The van der Waals surface area contributed by atoms with Crippen LogP contribution in [-0.2, 0) is 4.74 Å². The molecule has 1 aliphatic carbocycles. The zero-order chi connectivity index (χ0) is 11.0. The number of aliphatic hydroxyl groups excluding tert-OH is 1. The zero-order valence-electron chi connectivity index (χ0n) is 9.93. The normalized spacial score (nSPS) is 19.6. The maximum atomic E-state index is 9.39. The van der Waals surface area contributed by atoms with Crippen molar-refractivity contribution in [3.8, 4) is 0 Å². The third-order valence-corrected chi connectivity index (χ3v) is 3.35. The molecule has 0 spiro atoms. The molecule has 90 valence electrons. The predicted molar refractivity (Wildman–Crippen MR) is 62.0 cm³/mol. The maximum Gasteiger partial charge on any atom is 0.0499 e. The van der Waals surface area contributed by atoms with E-state index in [4.69, 9.17) is 4.74 Å². The summed E-state index contributed by atoms with van der Waals surface area (Å²) >= 11 is 0. The van der Waals surface area contributed by atoms with Crippen LogP contribution >= 0.6 is 0 Å². The summed E-state index contributed by atoms with van der Waals surface area (Å²) < 4.78 is 5.27. The van der Waals surface area contributed by atoms with Crippen LogP contribution in [0, 0.1) is 5.41 Å².